The van der Waals surface area contributed by atoms with Crippen LogP contribution >= 0.6 is 0 Å². The average Bonchev–Trinajstić information content (AvgIpc) is 3.74. The predicted octanol–water partition coefficient (Wildman–Crippen LogP) is 9.14. The molecule has 0 bridgehead atoms. The maximum absolute atomic E-state index is 12.2. The first-order valence-electron chi connectivity index (χ1n) is 23.7. The number of halogens is 3. The normalized spacial score (nSPS) is 25.9. The van der Waals surface area contributed by atoms with Crippen LogP contribution in [0.2, 0.25) is 0 Å². The van der Waals surface area contributed by atoms with Gasteiger partial charge < -0.3 is 32.1 Å². The molecule has 0 unspecified atom stereocenters. The summed E-state index contributed by atoms with van der Waals surface area (Å²) in [5, 5.41) is 0. The maximum atomic E-state index is 12.2. The van der Waals surface area contributed by atoms with Gasteiger partial charge in [0.25, 0.3) is 0 Å². The smallest absolute Gasteiger partial charge is 0.405 e. The van der Waals surface area contributed by atoms with Gasteiger partial charge in [-0.25, -0.2) is 0 Å². The molecule has 2 aromatic heterocycles. The summed E-state index contributed by atoms with van der Waals surface area (Å²) in [6.07, 6.45) is 15.4. The molecule has 3 aliphatic heterocycles. The van der Waals surface area contributed by atoms with Crippen LogP contribution in [0.5, 0.6) is 5.75 Å². The first-order valence-corrected chi connectivity index (χ1v) is 25.1. The summed E-state index contributed by atoms with van der Waals surface area (Å²) < 4.78 is 98.6. The average molecular weight is 995 g/mol. The first-order chi connectivity index (χ1) is 31.8. The minimum atomic E-state index is -5.64. The Labute approximate surface area is 408 Å². The minimum Gasteiger partial charge on any atom is -0.405 e. The zero-order valence-corrected chi connectivity index (χ0v) is 43.6. The highest BCUT2D eigenvalue weighted by atomic mass is 32.2. The van der Waals surface area contributed by atoms with Crippen LogP contribution in [0.4, 0.5) is 13.2 Å². The van der Waals surface area contributed by atoms with Crippen LogP contribution in [0.15, 0.2) is 36.7 Å². The molecule has 0 atom stereocenters. The summed E-state index contributed by atoms with van der Waals surface area (Å²) in [5.41, 5.74) is -4.44. The van der Waals surface area contributed by atoms with E-state index < -0.39 is 35.4 Å². The summed E-state index contributed by atoms with van der Waals surface area (Å²) in [7, 11) is -6.90. The second kappa shape index (κ2) is 23.9. The van der Waals surface area contributed by atoms with E-state index in [0.29, 0.717) is 5.92 Å². The van der Waals surface area contributed by atoms with Gasteiger partial charge in [0.05, 0.1) is 39.8 Å². The molecule has 22 heteroatoms. The molecule has 0 spiro atoms. The fourth-order valence-corrected chi connectivity index (χ4v) is 8.81. The molecular weight excluding hydrogens is 922 g/mol. The lowest BCUT2D eigenvalue weighted by molar-refractivity contribution is -0.193. The van der Waals surface area contributed by atoms with E-state index in [1.165, 1.54) is 49.9 Å². The van der Waals surface area contributed by atoms with E-state index >= 15 is 0 Å². The second-order valence-electron chi connectivity index (χ2n) is 21.2. The Morgan fingerprint density at radius 3 is 1.16 bits per heavy atom. The van der Waals surface area contributed by atoms with Gasteiger partial charge in [0.15, 0.2) is 5.75 Å². The number of hydrogen-bond donors (Lipinski definition) is 0. The Bertz CT molecular complexity index is 2020. The topological polar surface area (TPSA) is 193 Å². The van der Waals surface area contributed by atoms with Gasteiger partial charge in [0.2, 0.25) is 0 Å². The third-order valence-electron chi connectivity index (χ3n) is 15.0. The van der Waals surface area contributed by atoms with Gasteiger partial charge in [-0.1, -0.05) is 32.8 Å². The third-order valence-corrected chi connectivity index (χ3v) is 16.0. The van der Waals surface area contributed by atoms with Crippen molar-refractivity contribution in [2.75, 3.05) is 0 Å². The van der Waals surface area contributed by atoms with Gasteiger partial charge in [-0.2, -0.15) is 40.8 Å². The van der Waals surface area contributed by atoms with Crippen molar-refractivity contribution in [3.8, 4) is 5.75 Å². The second-order valence-corrected chi connectivity index (χ2v) is 22.7. The van der Waals surface area contributed by atoms with Gasteiger partial charge in [-0.3, -0.25) is 9.97 Å². The van der Waals surface area contributed by atoms with Crippen molar-refractivity contribution in [1.29, 1.82) is 0 Å². The number of rotatable bonds is 8. The molecule has 69 heavy (non-hydrogen) atoms. The fourth-order valence-electron chi connectivity index (χ4n) is 8.37. The lowest BCUT2D eigenvalue weighted by atomic mass is 9.49. The Hall–Kier alpha value is -3.45. The molecule has 5 fully saturated rings. The molecule has 2 aliphatic carbocycles. The molecule has 0 radical (unpaired) electrons. The minimum absolute atomic E-state index is 0.250. The molecule has 0 amide bonds. The molecule has 5 aliphatic rings. The molecule has 7 rings (SSSR count). The van der Waals surface area contributed by atoms with Crippen molar-refractivity contribution >= 4 is 49.0 Å². The largest absolute Gasteiger partial charge is 0.534 e. The van der Waals surface area contributed by atoms with Gasteiger partial charge in [0, 0.05) is 34.9 Å². The number of pyridine rings is 2. The Kier molecular flexibility index (Phi) is 20.7. The third kappa shape index (κ3) is 15.5. The Morgan fingerprint density at radius 2 is 0.884 bits per heavy atom. The molecule has 15 nitrogen and oxygen atoms in total. The van der Waals surface area contributed by atoms with Crippen molar-refractivity contribution in [3.05, 3.63) is 48.0 Å². The summed E-state index contributed by atoms with van der Waals surface area (Å²) in [4.78, 5) is 41.3. The number of alkyl halides is 3. The Morgan fingerprint density at radius 1 is 0.565 bits per heavy atom. The van der Waals surface area contributed by atoms with Crippen LogP contribution in [-0.4, -0.2) is 90.9 Å². The van der Waals surface area contributed by atoms with Crippen molar-refractivity contribution < 1.29 is 72.9 Å². The molecule has 2 aromatic rings. The monoisotopic (exact) mass is 994 g/mol. The van der Waals surface area contributed by atoms with Crippen molar-refractivity contribution in [2.24, 2.45) is 11.8 Å². The SMILES string of the molecule is CC1(C)OB(B2OC(C)(C)C(C)(C)O2)OC1(C)C.CCC1CCC(c2ccc(B3OC(C)(C)C(C)(C)O3)cn2)CC1.CCC1CCC(c2ccc(OS(=O)(=O)C(F)(F)F)cn2)CC1.O=C=O.O=C=O. The van der Waals surface area contributed by atoms with Crippen LogP contribution < -0.4 is 9.65 Å². The maximum Gasteiger partial charge on any atom is 0.534 e. The number of aromatic nitrogens is 2. The highest BCUT2D eigenvalue weighted by Gasteiger charge is 2.64. The van der Waals surface area contributed by atoms with E-state index in [1.807, 2.05) is 61.6 Å². The molecule has 384 valence electrons. The van der Waals surface area contributed by atoms with E-state index in [4.69, 9.17) is 52.1 Å². The molecule has 5 heterocycles. The highest BCUT2D eigenvalue weighted by Crippen LogP contribution is 2.44. The van der Waals surface area contributed by atoms with Gasteiger partial charge >= 0.3 is 49.1 Å². The van der Waals surface area contributed by atoms with Crippen LogP contribution in [0.25, 0.3) is 0 Å². The van der Waals surface area contributed by atoms with Gasteiger partial charge in [-0.05, 0) is 164 Å². The highest BCUT2D eigenvalue weighted by molar-refractivity contribution is 7.88. The van der Waals surface area contributed by atoms with Gasteiger partial charge in [0.1, 0.15) is 0 Å². The molecular formula is C47H72B3F3N2O13S. The Balaban J connectivity index is 0.000000260. The first kappa shape index (κ1) is 59.9. The van der Waals surface area contributed by atoms with Crippen LogP contribution in [-0.2, 0) is 57.2 Å². The molecule has 0 aromatic carbocycles. The van der Waals surface area contributed by atoms with E-state index in [1.54, 1.807) is 0 Å². The quantitative estimate of drug-likeness (QED) is 0.138. The van der Waals surface area contributed by atoms with E-state index in [0.717, 1.165) is 61.3 Å². The number of hydrogen-bond acceptors (Lipinski definition) is 15. The predicted molar refractivity (Wildman–Crippen MR) is 252 cm³/mol. The van der Waals surface area contributed by atoms with Crippen LogP contribution in [0.1, 0.15) is 184 Å². The van der Waals surface area contributed by atoms with Crippen molar-refractivity contribution in [3.63, 3.8) is 0 Å². The molecule has 0 N–H and O–H groups in total. The van der Waals surface area contributed by atoms with Crippen molar-refractivity contribution in [2.45, 2.75) is 212 Å². The van der Waals surface area contributed by atoms with Crippen LogP contribution in [0, 0.1) is 11.8 Å². The lowest BCUT2D eigenvalue weighted by Crippen LogP contribution is -2.41. The standard InChI is InChI=1S/C19H30BNO2.C14H18F3NO3S.C12H24B2O4.2CO2/c1-6-14-7-9-15(10-8-14)17-12-11-16(13-21-17)20-22-18(2,3)19(4,5)23-20;1-2-10-3-5-11(6-4-10)13-8-7-12(9-18-13)21-22(19,20)14(15,16)17;1-9(2)10(3,4)16-13(15-9)14-17-11(5,6)12(7,8)18-14;2*2-1-3/h11-15H,6-10H2,1-5H3;7-11H,2-6H2,1H3;1-8H3;;. The van der Waals surface area contributed by atoms with E-state index in [9.17, 15) is 21.6 Å². The summed E-state index contributed by atoms with van der Waals surface area (Å²) in [5.74, 6) is 2.13. The van der Waals surface area contributed by atoms with Crippen molar-refractivity contribution in [1.82, 2.24) is 9.97 Å². The lowest BCUT2D eigenvalue weighted by Gasteiger charge is -2.32. The van der Waals surface area contributed by atoms with E-state index in [2.05, 4.69) is 62.8 Å². The molecule has 2 saturated carbocycles. The molecule has 3 saturated heterocycles. The number of nitrogens with zero attached hydrogens (tertiary/aromatic N) is 2. The zero-order chi connectivity index (χ0) is 52.4. The fraction of sp³-hybridized carbons (Fsp3) is 0.745. The van der Waals surface area contributed by atoms with Gasteiger partial charge in [-0.15, -0.1) is 0 Å². The summed E-state index contributed by atoms with van der Waals surface area (Å²) >= 11 is 0. The zero-order valence-electron chi connectivity index (χ0n) is 42.8. The summed E-state index contributed by atoms with van der Waals surface area (Å²) in [6, 6.07) is 7.07. The number of carbonyl (C=O) groups excluding carboxylic acids is 4. The van der Waals surface area contributed by atoms with E-state index in [-0.39, 0.29) is 58.9 Å². The van der Waals surface area contributed by atoms with Crippen LogP contribution in [0.3, 0.4) is 0 Å². The summed E-state index contributed by atoms with van der Waals surface area (Å²) in [6.45, 7) is 29.0.